The molecular weight excluding hydrogens is 352 g/mol. The molecule has 0 bridgehead atoms. The fourth-order valence-electron chi connectivity index (χ4n) is 3.89. The first-order valence-corrected chi connectivity index (χ1v) is 10.1. The van der Waals surface area contributed by atoms with Crippen molar-refractivity contribution in [2.45, 2.75) is 26.2 Å². The molecule has 1 fully saturated rings. The van der Waals surface area contributed by atoms with Crippen LogP contribution >= 0.6 is 0 Å². The maximum absolute atomic E-state index is 12.7. The van der Waals surface area contributed by atoms with Crippen molar-refractivity contribution < 1.29 is 9.53 Å². The largest absolute Gasteiger partial charge is 0.497 e. The van der Waals surface area contributed by atoms with Gasteiger partial charge in [-0.15, -0.1) is 0 Å². The van der Waals surface area contributed by atoms with Gasteiger partial charge in [0.25, 0.3) is 5.91 Å². The number of amides is 1. The predicted molar refractivity (Wildman–Crippen MR) is 109 cm³/mol. The van der Waals surface area contributed by atoms with Gasteiger partial charge in [0, 0.05) is 26.2 Å². The van der Waals surface area contributed by atoms with Crippen molar-refractivity contribution in [3.63, 3.8) is 0 Å². The molecule has 28 heavy (non-hydrogen) atoms. The number of carbonyl (C=O) groups excluding carboxylic acids is 1. The lowest BCUT2D eigenvalue weighted by Gasteiger charge is -2.35. The fraction of sp³-hybridized carbons (Fsp3) is 0.500. The highest BCUT2D eigenvalue weighted by molar-refractivity contribution is 5.93. The van der Waals surface area contributed by atoms with E-state index in [1.165, 1.54) is 18.4 Å². The Bertz CT molecular complexity index is 753. The third-order valence-electron chi connectivity index (χ3n) is 5.43. The van der Waals surface area contributed by atoms with Crippen LogP contribution in [0.1, 0.15) is 35.7 Å². The number of piperidine rings is 1. The average molecular weight is 383 g/mol. The first-order valence-electron chi connectivity index (χ1n) is 10.1. The molecule has 0 spiro atoms. The van der Waals surface area contributed by atoms with Crippen LogP contribution in [0.3, 0.4) is 0 Å². The maximum atomic E-state index is 12.7. The van der Waals surface area contributed by atoms with Crippen LogP contribution < -0.4 is 4.74 Å². The molecule has 1 aromatic carbocycles. The van der Waals surface area contributed by atoms with Crippen LogP contribution in [0.15, 0.2) is 42.7 Å². The van der Waals surface area contributed by atoms with Gasteiger partial charge in [0.05, 0.1) is 25.1 Å². The molecule has 0 saturated carbocycles. The van der Waals surface area contributed by atoms with Gasteiger partial charge in [-0.05, 0) is 62.4 Å². The molecule has 1 unspecified atom stereocenters. The van der Waals surface area contributed by atoms with Crippen molar-refractivity contribution >= 4 is 5.91 Å². The quantitative estimate of drug-likeness (QED) is 0.703. The van der Waals surface area contributed by atoms with E-state index >= 15 is 0 Å². The number of ether oxygens (including phenoxy) is 1. The number of aromatic nitrogens is 2. The van der Waals surface area contributed by atoms with Gasteiger partial charge in [-0.1, -0.05) is 12.1 Å². The van der Waals surface area contributed by atoms with Crippen LogP contribution in [-0.2, 0) is 6.42 Å². The minimum atomic E-state index is 0.0471. The lowest BCUT2D eigenvalue weighted by atomic mass is 9.96. The number of likely N-dealkylation sites (tertiary alicyclic amines) is 1. The summed E-state index contributed by atoms with van der Waals surface area (Å²) in [5.74, 6) is 1.47. The van der Waals surface area contributed by atoms with Crippen molar-refractivity contribution in [1.82, 2.24) is 20.0 Å². The summed E-state index contributed by atoms with van der Waals surface area (Å²) in [7, 11) is 1.71. The summed E-state index contributed by atoms with van der Waals surface area (Å²) in [6.45, 7) is 6.76. The molecule has 1 saturated heterocycles. The van der Waals surface area contributed by atoms with E-state index in [-0.39, 0.29) is 5.91 Å². The molecule has 1 aromatic heterocycles. The van der Waals surface area contributed by atoms with E-state index in [0.29, 0.717) is 18.0 Å². The summed E-state index contributed by atoms with van der Waals surface area (Å²) in [6.07, 6.45) is 6.50. The number of hydrogen-bond donors (Lipinski definition) is 0. The molecule has 1 atom stereocenters. The number of methoxy groups -OCH3 is 1. The van der Waals surface area contributed by atoms with E-state index in [1.54, 1.807) is 25.6 Å². The summed E-state index contributed by atoms with van der Waals surface area (Å²) in [5, 5.41) is 7.59. The average Bonchev–Trinajstić information content (AvgIpc) is 2.76. The standard InChI is InChI=1S/C22H30N4O2/c1-3-26(22(27)20-9-11-23-24-15-20)17-19-7-5-12-25(16-19)13-10-18-6-4-8-21(14-18)28-2/h4,6,8-9,11,14-15,19H,3,5,7,10,12-13,16-17H2,1-2H3. The van der Waals surface area contributed by atoms with Crippen molar-refractivity contribution in [2.24, 2.45) is 5.92 Å². The topological polar surface area (TPSA) is 58.6 Å². The Morgan fingerprint density at radius 1 is 1.32 bits per heavy atom. The predicted octanol–water partition coefficient (Wildman–Crippen LogP) is 2.90. The van der Waals surface area contributed by atoms with Crippen molar-refractivity contribution in [2.75, 3.05) is 39.8 Å². The summed E-state index contributed by atoms with van der Waals surface area (Å²) < 4.78 is 5.32. The highest BCUT2D eigenvalue weighted by Crippen LogP contribution is 2.20. The third kappa shape index (κ3) is 5.52. The first-order chi connectivity index (χ1) is 13.7. The van der Waals surface area contributed by atoms with Gasteiger partial charge >= 0.3 is 0 Å². The second-order valence-corrected chi connectivity index (χ2v) is 7.39. The van der Waals surface area contributed by atoms with Crippen molar-refractivity contribution in [1.29, 1.82) is 0 Å². The zero-order valence-corrected chi connectivity index (χ0v) is 16.9. The molecule has 6 nitrogen and oxygen atoms in total. The smallest absolute Gasteiger partial charge is 0.255 e. The van der Waals surface area contributed by atoms with Crippen molar-refractivity contribution in [3.8, 4) is 5.75 Å². The highest BCUT2D eigenvalue weighted by Gasteiger charge is 2.24. The second-order valence-electron chi connectivity index (χ2n) is 7.39. The van der Waals surface area contributed by atoms with Crippen LogP contribution in [0.4, 0.5) is 0 Å². The number of hydrogen-bond acceptors (Lipinski definition) is 5. The van der Waals surface area contributed by atoms with Crippen LogP contribution in [-0.4, -0.2) is 65.7 Å². The van der Waals surface area contributed by atoms with Gasteiger partial charge in [-0.25, -0.2) is 0 Å². The zero-order valence-electron chi connectivity index (χ0n) is 16.9. The summed E-state index contributed by atoms with van der Waals surface area (Å²) in [4.78, 5) is 17.2. The minimum absolute atomic E-state index is 0.0471. The zero-order chi connectivity index (χ0) is 19.8. The van der Waals surface area contributed by atoms with Gasteiger partial charge in [0.2, 0.25) is 0 Å². The lowest BCUT2D eigenvalue weighted by molar-refractivity contribution is 0.0690. The van der Waals surface area contributed by atoms with E-state index in [0.717, 1.165) is 38.3 Å². The molecule has 0 aliphatic carbocycles. The Hall–Kier alpha value is -2.47. The molecule has 2 aromatic rings. The molecule has 6 heteroatoms. The lowest BCUT2D eigenvalue weighted by Crippen LogP contribution is -2.43. The number of carbonyl (C=O) groups is 1. The van der Waals surface area contributed by atoms with E-state index in [2.05, 4.69) is 27.2 Å². The Labute approximate surface area is 167 Å². The second kappa shape index (κ2) is 10.2. The monoisotopic (exact) mass is 382 g/mol. The van der Waals surface area contributed by atoms with Gasteiger partial charge in [-0.3, -0.25) is 4.79 Å². The van der Waals surface area contributed by atoms with Crippen molar-refractivity contribution in [3.05, 3.63) is 53.9 Å². The van der Waals surface area contributed by atoms with Gasteiger partial charge in [-0.2, -0.15) is 10.2 Å². The highest BCUT2D eigenvalue weighted by atomic mass is 16.5. The van der Waals surface area contributed by atoms with Crippen LogP contribution in [0.5, 0.6) is 5.75 Å². The Balaban J connectivity index is 1.52. The van der Waals surface area contributed by atoms with Crippen LogP contribution in [0.25, 0.3) is 0 Å². The first kappa shape index (κ1) is 20.3. The summed E-state index contributed by atoms with van der Waals surface area (Å²) >= 11 is 0. The summed E-state index contributed by atoms with van der Waals surface area (Å²) in [5.41, 5.74) is 1.92. The number of nitrogens with zero attached hydrogens (tertiary/aromatic N) is 4. The molecule has 2 heterocycles. The fourth-order valence-corrected chi connectivity index (χ4v) is 3.89. The summed E-state index contributed by atoms with van der Waals surface area (Å²) in [6, 6.07) is 10.0. The van der Waals surface area contributed by atoms with Gasteiger partial charge in [0.15, 0.2) is 0 Å². The SMILES string of the molecule is CCN(CC1CCCN(CCc2cccc(OC)c2)C1)C(=O)c1ccnnc1. The molecular formula is C22H30N4O2. The molecule has 1 aliphatic heterocycles. The molecule has 1 amide bonds. The Kier molecular flexibility index (Phi) is 7.37. The van der Waals surface area contributed by atoms with Gasteiger partial charge < -0.3 is 14.5 Å². The van der Waals surface area contributed by atoms with E-state index in [1.807, 2.05) is 24.0 Å². The normalized spacial score (nSPS) is 17.3. The third-order valence-corrected chi connectivity index (χ3v) is 5.43. The maximum Gasteiger partial charge on any atom is 0.255 e. The molecule has 0 N–H and O–H groups in total. The Morgan fingerprint density at radius 2 is 2.21 bits per heavy atom. The van der Waals surface area contributed by atoms with Gasteiger partial charge in [0.1, 0.15) is 5.75 Å². The van der Waals surface area contributed by atoms with E-state index in [9.17, 15) is 4.79 Å². The van der Waals surface area contributed by atoms with E-state index in [4.69, 9.17) is 4.74 Å². The van der Waals surface area contributed by atoms with E-state index < -0.39 is 0 Å². The van der Waals surface area contributed by atoms with Crippen LogP contribution in [0, 0.1) is 5.92 Å². The molecule has 3 rings (SSSR count). The molecule has 1 aliphatic rings. The molecule has 150 valence electrons. The number of benzene rings is 1. The molecule has 0 radical (unpaired) electrons. The number of rotatable bonds is 8. The Morgan fingerprint density at radius 3 is 2.96 bits per heavy atom. The minimum Gasteiger partial charge on any atom is -0.497 e. The van der Waals surface area contributed by atoms with Crippen LogP contribution in [0.2, 0.25) is 0 Å².